The lowest BCUT2D eigenvalue weighted by molar-refractivity contribution is 0.0697. The van der Waals surface area contributed by atoms with Gasteiger partial charge in [0.25, 0.3) is 0 Å². The minimum absolute atomic E-state index is 0. The highest BCUT2D eigenvalue weighted by atomic mass is 35.5. The molecule has 0 unspecified atom stereocenters. The monoisotopic (exact) mass is 419 g/mol. The molecule has 6 heteroatoms. The number of aromatic nitrogens is 1. The van der Waals surface area contributed by atoms with Crippen LogP contribution in [0.2, 0.25) is 0 Å². The Morgan fingerprint density at radius 1 is 1.10 bits per heavy atom. The number of rotatable bonds is 7. The molecule has 0 radical (unpaired) electrons. The first-order valence-electron chi connectivity index (χ1n) is 11.0. The van der Waals surface area contributed by atoms with E-state index in [0.717, 1.165) is 49.9 Å². The molecule has 5 nitrogen and oxygen atoms in total. The van der Waals surface area contributed by atoms with Gasteiger partial charge in [0.1, 0.15) is 0 Å². The standard InChI is InChI=1S/C23H33N3O2.ClH/c27-23(28)19-6-7-22-21(12-19)20(14-25-13-17-8-10-24-11-9-17)16-26(22)15-18-4-2-1-3-5-18;/h6-7,12,16-18,24-25H,1-5,8-11,13-15H2,(H,27,28);1H. The Labute approximate surface area is 179 Å². The normalized spacial score (nSPS) is 18.6. The third kappa shape index (κ3) is 5.53. The van der Waals surface area contributed by atoms with Crippen LogP contribution in [0.15, 0.2) is 24.4 Å². The number of nitrogens with one attached hydrogen (secondary N) is 2. The van der Waals surface area contributed by atoms with Gasteiger partial charge in [-0.05, 0) is 80.9 Å². The van der Waals surface area contributed by atoms with Gasteiger partial charge in [0.2, 0.25) is 0 Å². The Morgan fingerprint density at radius 2 is 1.86 bits per heavy atom. The molecule has 1 aliphatic carbocycles. The van der Waals surface area contributed by atoms with Gasteiger partial charge in [0.15, 0.2) is 0 Å². The number of carbonyl (C=O) groups is 1. The molecule has 2 aromatic rings. The van der Waals surface area contributed by atoms with E-state index in [1.54, 1.807) is 6.07 Å². The lowest BCUT2D eigenvalue weighted by Crippen LogP contribution is -2.33. The largest absolute Gasteiger partial charge is 0.478 e. The second-order valence-corrected chi connectivity index (χ2v) is 8.67. The maximum absolute atomic E-state index is 11.5. The van der Waals surface area contributed by atoms with Crippen LogP contribution < -0.4 is 10.6 Å². The molecule has 0 bridgehead atoms. The minimum Gasteiger partial charge on any atom is -0.478 e. The Balaban J connectivity index is 0.00000240. The molecule has 2 fully saturated rings. The maximum Gasteiger partial charge on any atom is 0.335 e. The summed E-state index contributed by atoms with van der Waals surface area (Å²) in [6.45, 7) is 5.14. The van der Waals surface area contributed by atoms with E-state index in [9.17, 15) is 9.90 Å². The second-order valence-electron chi connectivity index (χ2n) is 8.67. The number of carboxylic acids is 1. The van der Waals surface area contributed by atoms with Crippen molar-refractivity contribution >= 4 is 29.3 Å². The van der Waals surface area contributed by atoms with Crippen molar-refractivity contribution in [3.05, 3.63) is 35.5 Å². The second kappa shape index (κ2) is 10.5. The summed E-state index contributed by atoms with van der Waals surface area (Å²) in [6, 6.07) is 5.60. The van der Waals surface area contributed by atoms with Crippen molar-refractivity contribution < 1.29 is 9.90 Å². The molecule has 1 saturated heterocycles. The van der Waals surface area contributed by atoms with Gasteiger partial charge in [0.05, 0.1) is 5.56 Å². The van der Waals surface area contributed by atoms with Crippen LogP contribution >= 0.6 is 12.4 Å². The first-order valence-corrected chi connectivity index (χ1v) is 11.0. The molecule has 160 valence electrons. The molecule has 2 aliphatic rings. The van der Waals surface area contributed by atoms with Gasteiger partial charge in [0, 0.05) is 30.2 Å². The zero-order chi connectivity index (χ0) is 19.3. The maximum atomic E-state index is 11.5. The van der Waals surface area contributed by atoms with E-state index in [-0.39, 0.29) is 12.4 Å². The molecule has 2 heterocycles. The number of hydrogen-bond donors (Lipinski definition) is 3. The average Bonchev–Trinajstić information content (AvgIpc) is 3.06. The summed E-state index contributed by atoms with van der Waals surface area (Å²) >= 11 is 0. The van der Waals surface area contributed by atoms with Gasteiger partial charge in [-0.2, -0.15) is 0 Å². The van der Waals surface area contributed by atoms with Crippen molar-refractivity contribution in [3.8, 4) is 0 Å². The molecule has 0 spiro atoms. The van der Waals surface area contributed by atoms with Gasteiger partial charge in [-0.1, -0.05) is 19.3 Å². The van der Waals surface area contributed by atoms with Gasteiger partial charge < -0.3 is 20.3 Å². The molecule has 1 aromatic carbocycles. The van der Waals surface area contributed by atoms with E-state index < -0.39 is 5.97 Å². The highest BCUT2D eigenvalue weighted by molar-refractivity contribution is 5.95. The predicted octanol–water partition coefficient (Wildman–Crippen LogP) is 4.43. The number of aromatic carboxylic acids is 1. The summed E-state index contributed by atoms with van der Waals surface area (Å²) in [7, 11) is 0. The highest BCUT2D eigenvalue weighted by Gasteiger charge is 2.18. The van der Waals surface area contributed by atoms with Crippen molar-refractivity contribution in [3.63, 3.8) is 0 Å². The van der Waals surface area contributed by atoms with E-state index in [2.05, 4.69) is 21.4 Å². The molecule has 3 N–H and O–H groups in total. The van der Waals surface area contributed by atoms with Crippen LogP contribution in [0.25, 0.3) is 10.9 Å². The molecule has 1 aliphatic heterocycles. The summed E-state index contributed by atoms with van der Waals surface area (Å²) in [4.78, 5) is 11.5. The van der Waals surface area contributed by atoms with Gasteiger partial charge in [-0.15, -0.1) is 12.4 Å². The van der Waals surface area contributed by atoms with Gasteiger partial charge in [-0.3, -0.25) is 0 Å². The molecule has 0 atom stereocenters. The van der Waals surface area contributed by atoms with Crippen molar-refractivity contribution in [2.75, 3.05) is 19.6 Å². The van der Waals surface area contributed by atoms with E-state index in [0.29, 0.717) is 5.56 Å². The van der Waals surface area contributed by atoms with E-state index in [4.69, 9.17) is 0 Å². The van der Waals surface area contributed by atoms with Crippen LogP contribution in [-0.4, -0.2) is 35.3 Å². The number of benzene rings is 1. The molecular formula is C23H34ClN3O2. The van der Waals surface area contributed by atoms with Crippen molar-refractivity contribution in [1.82, 2.24) is 15.2 Å². The Hall–Kier alpha value is -1.56. The van der Waals surface area contributed by atoms with E-state index >= 15 is 0 Å². The van der Waals surface area contributed by atoms with Crippen molar-refractivity contribution in [2.24, 2.45) is 11.8 Å². The zero-order valence-corrected chi connectivity index (χ0v) is 18.0. The third-order valence-corrected chi connectivity index (χ3v) is 6.60. The predicted molar refractivity (Wildman–Crippen MR) is 120 cm³/mol. The fraction of sp³-hybridized carbons (Fsp3) is 0.609. The average molecular weight is 420 g/mol. The van der Waals surface area contributed by atoms with Gasteiger partial charge >= 0.3 is 5.97 Å². The summed E-state index contributed by atoms with van der Waals surface area (Å²) in [5.74, 6) is 0.640. The SMILES string of the molecule is Cl.O=C(O)c1ccc2c(c1)c(CNCC1CCNCC1)cn2CC1CCCCC1. The highest BCUT2D eigenvalue weighted by Crippen LogP contribution is 2.29. The summed E-state index contributed by atoms with van der Waals surface area (Å²) < 4.78 is 2.37. The topological polar surface area (TPSA) is 66.3 Å². The quantitative estimate of drug-likeness (QED) is 0.621. The van der Waals surface area contributed by atoms with Crippen LogP contribution in [0.4, 0.5) is 0 Å². The van der Waals surface area contributed by atoms with E-state index in [1.165, 1.54) is 56.0 Å². The van der Waals surface area contributed by atoms with Crippen LogP contribution in [0.5, 0.6) is 0 Å². The number of piperidine rings is 1. The third-order valence-electron chi connectivity index (χ3n) is 6.60. The van der Waals surface area contributed by atoms with Crippen LogP contribution in [0, 0.1) is 11.8 Å². The Bertz CT molecular complexity index is 808. The van der Waals surface area contributed by atoms with Crippen LogP contribution in [-0.2, 0) is 13.1 Å². The summed E-state index contributed by atoms with van der Waals surface area (Å²) in [6.07, 6.45) is 11.4. The first kappa shape index (κ1) is 22.1. The lowest BCUT2D eigenvalue weighted by Gasteiger charge is -2.23. The molecule has 0 amide bonds. The fourth-order valence-corrected chi connectivity index (χ4v) is 4.94. The molecule has 1 aromatic heterocycles. The number of carboxylic acid groups (broad SMARTS) is 1. The van der Waals surface area contributed by atoms with Crippen LogP contribution in [0.3, 0.4) is 0 Å². The van der Waals surface area contributed by atoms with Crippen molar-refractivity contribution in [2.45, 2.75) is 58.0 Å². The number of fused-ring (bicyclic) bond motifs is 1. The number of halogens is 1. The molecule has 4 rings (SSSR count). The van der Waals surface area contributed by atoms with E-state index in [1.807, 2.05) is 12.1 Å². The first-order chi connectivity index (χ1) is 13.7. The molecule has 29 heavy (non-hydrogen) atoms. The summed E-state index contributed by atoms with van der Waals surface area (Å²) in [5, 5.41) is 17.6. The Kier molecular flexibility index (Phi) is 7.99. The smallest absolute Gasteiger partial charge is 0.335 e. The number of nitrogens with zero attached hydrogens (tertiary/aromatic N) is 1. The van der Waals surface area contributed by atoms with Crippen LogP contribution in [0.1, 0.15) is 60.9 Å². The minimum atomic E-state index is -0.851. The molecular weight excluding hydrogens is 386 g/mol. The fourth-order valence-electron chi connectivity index (χ4n) is 4.94. The van der Waals surface area contributed by atoms with Crippen molar-refractivity contribution in [1.29, 1.82) is 0 Å². The number of hydrogen-bond acceptors (Lipinski definition) is 3. The lowest BCUT2D eigenvalue weighted by atomic mass is 9.89. The molecule has 1 saturated carbocycles. The van der Waals surface area contributed by atoms with Gasteiger partial charge in [-0.25, -0.2) is 4.79 Å². The zero-order valence-electron chi connectivity index (χ0n) is 17.2. The summed E-state index contributed by atoms with van der Waals surface area (Å²) in [5.41, 5.74) is 2.78. The Morgan fingerprint density at radius 3 is 2.59 bits per heavy atom.